The van der Waals surface area contributed by atoms with Crippen LogP contribution in [0.1, 0.15) is 65.7 Å². The Balaban J connectivity index is 1.85. The summed E-state index contributed by atoms with van der Waals surface area (Å²) in [5.74, 6) is 2.61. The van der Waals surface area contributed by atoms with E-state index < -0.39 is 0 Å². The maximum absolute atomic E-state index is 6.68. The van der Waals surface area contributed by atoms with Gasteiger partial charge in [-0.2, -0.15) is 0 Å². The van der Waals surface area contributed by atoms with Crippen LogP contribution in [0.5, 0.6) is 0 Å². The molecule has 2 fully saturated rings. The quantitative estimate of drug-likeness (QED) is 0.845. The van der Waals surface area contributed by atoms with Crippen LogP contribution in [-0.4, -0.2) is 30.1 Å². The highest BCUT2D eigenvalue weighted by Crippen LogP contribution is 2.32. The van der Waals surface area contributed by atoms with E-state index in [0.29, 0.717) is 0 Å². The summed E-state index contributed by atoms with van der Waals surface area (Å²) in [4.78, 5) is 2.67. The lowest BCUT2D eigenvalue weighted by atomic mass is 9.77. The first-order valence-electron chi connectivity index (χ1n) is 8.50. The molecule has 19 heavy (non-hydrogen) atoms. The smallest absolute Gasteiger partial charge is 0.0285 e. The Bertz CT molecular complexity index is 276. The molecule has 2 rings (SSSR count). The highest BCUT2D eigenvalue weighted by Gasteiger charge is 2.33. The highest BCUT2D eigenvalue weighted by atomic mass is 15.1. The van der Waals surface area contributed by atoms with Crippen molar-refractivity contribution >= 4 is 0 Å². The van der Waals surface area contributed by atoms with Crippen LogP contribution in [0.4, 0.5) is 0 Å². The predicted molar refractivity (Wildman–Crippen MR) is 83.2 cm³/mol. The van der Waals surface area contributed by atoms with Gasteiger partial charge in [0.25, 0.3) is 0 Å². The van der Waals surface area contributed by atoms with Gasteiger partial charge in [0.05, 0.1) is 0 Å². The zero-order chi connectivity index (χ0) is 13.9. The molecular weight excluding hydrogens is 232 g/mol. The van der Waals surface area contributed by atoms with E-state index in [9.17, 15) is 0 Å². The summed E-state index contributed by atoms with van der Waals surface area (Å²) in [6.45, 7) is 10.8. The van der Waals surface area contributed by atoms with Gasteiger partial charge < -0.3 is 10.6 Å². The zero-order valence-corrected chi connectivity index (χ0v) is 13.3. The number of nitrogens with two attached hydrogens (primary N) is 1. The van der Waals surface area contributed by atoms with Crippen LogP contribution in [0.2, 0.25) is 0 Å². The van der Waals surface area contributed by atoms with E-state index >= 15 is 0 Å². The summed E-state index contributed by atoms with van der Waals surface area (Å²) >= 11 is 0. The van der Waals surface area contributed by atoms with Crippen LogP contribution < -0.4 is 5.73 Å². The molecule has 2 nitrogen and oxygen atoms in total. The van der Waals surface area contributed by atoms with E-state index in [2.05, 4.69) is 25.7 Å². The van der Waals surface area contributed by atoms with Gasteiger partial charge in [0.2, 0.25) is 0 Å². The van der Waals surface area contributed by atoms with Crippen molar-refractivity contribution in [3.63, 3.8) is 0 Å². The first-order valence-corrected chi connectivity index (χ1v) is 8.50. The number of hydrogen-bond acceptors (Lipinski definition) is 2. The van der Waals surface area contributed by atoms with E-state index in [1.165, 1.54) is 58.0 Å². The lowest BCUT2D eigenvalue weighted by molar-refractivity contribution is 0.151. The Hall–Kier alpha value is -0.0800. The van der Waals surface area contributed by atoms with Crippen molar-refractivity contribution in [2.24, 2.45) is 23.5 Å². The van der Waals surface area contributed by atoms with Crippen LogP contribution in [0.15, 0.2) is 0 Å². The Kier molecular flexibility index (Phi) is 5.30. The summed E-state index contributed by atoms with van der Waals surface area (Å²) < 4.78 is 0. The second-order valence-electron chi connectivity index (χ2n) is 7.78. The summed E-state index contributed by atoms with van der Waals surface area (Å²) in [5, 5.41) is 0. The molecule has 3 unspecified atom stereocenters. The molecule has 2 heteroatoms. The van der Waals surface area contributed by atoms with E-state index in [1.807, 2.05) is 0 Å². The lowest BCUT2D eigenvalue weighted by Crippen LogP contribution is -2.53. The largest absolute Gasteiger partial charge is 0.324 e. The van der Waals surface area contributed by atoms with E-state index in [4.69, 9.17) is 5.73 Å². The minimum Gasteiger partial charge on any atom is -0.324 e. The standard InChI is InChI=1S/C17H34N2/c1-14(2)16-7-5-10-19(11-8-16)13-17(18)9-4-6-15(3)12-17/h14-16H,4-13,18H2,1-3H3. The third-order valence-corrected chi connectivity index (χ3v) is 5.47. The molecule has 0 radical (unpaired) electrons. The highest BCUT2D eigenvalue weighted by molar-refractivity contribution is 4.92. The average Bonchev–Trinajstić information content (AvgIpc) is 2.53. The molecule has 0 aromatic heterocycles. The summed E-state index contributed by atoms with van der Waals surface area (Å²) in [6.07, 6.45) is 9.35. The second-order valence-corrected chi connectivity index (χ2v) is 7.78. The van der Waals surface area contributed by atoms with E-state index in [0.717, 1.165) is 24.3 Å². The topological polar surface area (TPSA) is 29.3 Å². The maximum Gasteiger partial charge on any atom is 0.0285 e. The molecule has 0 aromatic rings. The SMILES string of the molecule is CC1CCCC(N)(CN2CCCC(C(C)C)CC2)C1. The Labute approximate surface area is 120 Å². The van der Waals surface area contributed by atoms with Crippen molar-refractivity contribution in [1.82, 2.24) is 4.90 Å². The third kappa shape index (κ3) is 4.46. The number of rotatable bonds is 3. The molecule has 2 N–H and O–H groups in total. The lowest BCUT2D eigenvalue weighted by Gasteiger charge is -2.40. The number of nitrogens with zero attached hydrogens (tertiary/aromatic N) is 1. The molecule has 0 bridgehead atoms. The summed E-state index contributed by atoms with van der Waals surface area (Å²) in [7, 11) is 0. The van der Waals surface area contributed by atoms with Gasteiger partial charge >= 0.3 is 0 Å². The molecule has 112 valence electrons. The van der Waals surface area contributed by atoms with E-state index in [-0.39, 0.29) is 5.54 Å². The molecule has 0 amide bonds. The number of likely N-dealkylation sites (tertiary alicyclic amines) is 1. The van der Waals surface area contributed by atoms with Gasteiger partial charge in [0, 0.05) is 12.1 Å². The Morgan fingerprint density at radius 1 is 1.16 bits per heavy atom. The minimum atomic E-state index is 0.106. The summed E-state index contributed by atoms with van der Waals surface area (Å²) in [6, 6.07) is 0. The molecular formula is C17H34N2. The fourth-order valence-electron chi connectivity index (χ4n) is 4.30. The van der Waals surface area contributed by atoms with Gasteiger partial charge in [-0.25, -0.2) is 0 Å². The molecule has 1 saturated carbocycles. The molecule has 3 atom stereocenters. The van der Waals surface area contributed by atoms with Crippen molar-refractivity contribution in [3.05, 3.63) is 0 Å². The first kappa shape index (κ1) is 15.3. The van der Waals surface area contributed by atoms with Crippen LogP contribution in [0, 0.1) is 17.8 Å². The van der Waals surface area contributed by atoms with E-state index in [1.54, 1.807) is 0 Å². The molecule has 1 saturated heterocycles. The predicted octanol–water partition coefficient (Wildman–Crippen LogP) is 3.65. The van der Waals surface area contributed by atoms with Crippen LogP contribution >= 0.6 is 0 Å². The van der Waals surface area contributed by atoms with Gasteiger partial charge in [-0.1, -0.05) is 33.6 Å². The third-order valence-electron chi connectivity index (χ3n) is 5.47. The van der Waals surface area contributed by atoms with Crippen molar-refractivity contribution in [1.29, 1.82) is 0 Å². The minimum absolute atomic E-state index is 0.106. The molecule has 0 aromatic carbocycles. The fourth-order valence-corrected chi connectivity index (χ4v) is 4.30. The fraction of sp³-hybridized carbons (Fsp3) is 1.00. The van der Waals surface area contributed by atoms with Gasteiger partial charge in [0.15, 0.2) is 0 Å². The molecule has 1 aliphatic heterocycles. The summed E-state index contributed by atoms with van der Waals surface area (Å²) in [5.41, 5.74) is 6.79. The van der Waals surface area contributed by atoms with Crippen molar-refractivity contribution < 1.29 is 0 Å². The Morgan fingerprint density at radius 3 is 2.63 bits per heavy atom. The monoisotopic (exact) mass is 266 g/mol. The van der Waals surface area contributed by atoms with Gasteiger partial charge in [-0.15, -0.1) is 0 Å². The van der Waals surface area contributed by atoms with Crippen LogP contribution in [0.25, 0.3) is 0 Å². The Morgan fingerprint density at radius 2 is 1.95 bits per heavy atom. The van der Waals surface area contributed by atoms with Crippen LogP contribution in [-0.2, 0) is 0 Å². The molecule has 1 aliphatic carbocycles. The average molecular weight is 266 g/mol. The van der Waals surface area contributed by atoms with Gasteiger partial charge in [-0.05, 0) is 62.9 Å². The van der Waals surface area contributed by atoms with Crippen molar-refractivity contribution in [3.8, 4) is 0 Å². The number of hydrogen-bond donors (Lipinski definition) is 1. The van der Waals surface area contributed by atoms with Crippen molar-refractivity contribution in [2.75, 3.05) is 19.6 Å². The van der Waals surface area contributed by atoms with Crippen molar-refractivity contribution in [2.45, 2.75) is 71.3 Å². The normalized spacial score (nSPS) is 38.4. The first-order chi connectivity index (χ1) is 8.98. The molecule has 1 heterocycles. The molecule has 2 aliphatic rings. The van der Waals surface area contributed by atoms with Crippen LogP contribution in [0.3, 0.4) is 0 Å². The zero-order valence-electron chi connectivity index (χ0n) is 13.3. The molecule has 0 spiro atoms. The second kappa shape index (κ2) is 6.58. The maximum atomic E-state index is 6.68. The van der Waals surface area contributed by atoms with Gasteiger partial charge in [-0.3, -0.25) is 0 Å². The van der Waals surface area contributed by atoms with Gasteiger partial charge in [0.1, 0.15) is 0 Å².